The molecule has 1 fully saturated rings. The quantitative estimate of drug-likeness (QED) is 0.706. The van der Waals surface area contributed by atoms with Crippen molar-refractivity contribution >= 4 is 0 Å². The first-order valence-corrected chi connectivity index (χ1v) is 5.65. The van der Waals surface area contributed by atoms with E-state index >= 15 is 0 Å². The monoisotopic (exact) mass is 186 g/mol. The summed E-state index contributed by atoms with van der Waals surface area (Å²) in [6, 6.07) is 2.15. The van der Waals surface area contributed by atoms with E-state index in [1.54, 1.807) is 0 Å². The highest BCUT2D eigenvalue weighted by atomic mass is 15.0. The lowest BCUT2D eigenvalue weighted by Crippen LogP contribution is -2.34. The van der Waals surface area contributed by atoms with Crippen LogP contribution in [0, 0.1) is 0 Å². The van der Waals surface area contributed by atoms with Gasteiger partial charge in [0.1, 0.15) is 0 Å². The van der Waals surface area contributed by atoms with Crippen LogP contribution in [0.15, 0.2) is 0 Å². The summed E-state index contributed by atoms with van der Waals surface area (Å²) in [6.07, 6.45) is 3.97. The van der Waals surface area contributed by atoms with Crippen LogP contribution in [0.2, 0.25) is 0 Å². The second-order valence-electron chi connectivity index (χ2n) is 3.82. The van der Waals surface area contributed by atoms with Gasteiger partial charge in [-0.2, -0.15) is 0 Å². The molecule has 0 spiro atoms. The Morgan fingerprint density at radius 1 is 1.08 bits per heavy atom. The van der Waals surface area contributed by atoms with Gasteiger partial charge in [-0.3, -0.25) is 0 Å². The lowest BCUT2D eigenvalue weighted by Gasteiger charge is -2.15. The molecule has 1 aliphatic carbocycles. The van der Waals surface area contributed by atoms with E-state index in [1.165, 1.54) is 19.3 Å². The third-order valence-electron chi connectivity index (χ3n) is 2.41. The van der Waals surface area contributed by atoms with Gasteiger partial charge in [0.15, 0.2) is 0 Å². The average Bonchev–Trinajstić information content (AvgIpc) is 2.55. The van der Waals surface area contributed by atoms with Gasteiger partial charge in [-0.25, -0.2) is 0 Å². The summed E-state index contributed by atoms with van der Waals surface area (Å²) in [5, 5.41) is 6.89. The topological polar surface area (TPSA) is 24.1 Å². The molecular weight excluding hydrogens is 160 g/mol. The molecule has 0 saturated heterocycles. The Hall–Kier alpha value is -0.0800. The first-order chi connectivity index (χ1) is 6.22. The fraction of sp³-hybridized carbons (Fsp3) is 1.00. The molecule has 2 N–H and O–H groups in total. The molecule has 0 aromatic rings. The van der Waals surface area contributed by atoms with Crippen molar-refractivity contribution in [1.29, 1.82) is 0 Å². The van der Waals surface area contributed by atoms with Gasteiger partial charge in [0.05, 0.1) is 0 Å². The van der Waals surface area contributed by atoms with E-state index in [0.717, 1.165) is 12.1 Å². The summed E-state index contributed by atoms with van der Waals surface area (Å²) < 4.78 is 0. The van der Waals surface area contributed by atoms with Gasteiger partial charge in [0.25, 0.3) is 0 Å². The summed E-state index contributed by atoms with van der Waals surface area (Å²) in [5.41, 5.74) is 0. The average molecular weight is 186 g/mol. The molecule has 13 heavy (non-hydrogen) atoms. The normalized spacial score (nSPS) is 27.2. The zero-order valence-corrected chi connectivity index (χ0v) is 9.85. The van der Waals surface area contributed by atoms with Crippen LogP contribution < -0.4 is 10.6 Å². The molecule has 0 aromatic heterocycles. The number of hydrogen-bond donors (Lipinski definition) is 2. The molecule has 0 heterocycles. The minimum atomic E-state index is 0.635. The highest BCUT2D eigenvalue weighted by Crippen LogP contribution is 2.18. The summed E-state index contributed by atoms with van der Waals surface area (Å²) in [6.45, 7) is 8.43. The molecule has 80 valence electrons. The third kappa shape index (κ3) is 5.27. The van der Waals surface area contributed by atoms with E-state index in [4.69, 9.17) is 0 Å². The van der Waals surface area contributed by atoms with Crippen molar-refractivity contribution in [3.63, 3.8) is 0 Å². The van der Waals surface area contributed by atoms with Gasteiger partial charge in [0.2, 0.25) is 0 Å². The molecule has 1 saturated carbocycles. The Balaban J connectivity index is 0.000000671. The van der Waals surface area contributed by atoms with Crippen LogP contribution >= 0.6 is 0 Å². The second-order valence-corrected chi connectivity index (χ2v) is 3.82. The number of hydrogen-bond acceptors (Lipinski definition) is 2. The molecule has 0 aromatic carbocycles. The predicted molar refractivity (Wildman–Crippen MR) is 60.1 cm³/mol. The van der Waals surface area contributed by atoms with E-state index in [-0.39, 0.29) is 0 Å². The summed E-state index contributed by atoms with van der Waals surface area (Å²) in [4.78, 5) is 0. The maximum atomic E-state index is 3.57. The SMILES string of the molecule is CC.CNC1CC[C@H](NC(C)C)C1. The minimum absolute atomic E-state index is 0.635. The molecular formula is C11H26N2. The fourth-order valence-electron chi connectivity index (χ4n) is 1.87. The van der Waals surface area contributed by atoms with Crippen molar-refractivity contribution in [2.45, 2.75) is 65.1 Å². The Labute approximate surface area is 83.5 Å². The van der Waals surface area contributed by atoms with Crippen molar-refractivity contribution in [3.05, 3.63) is 0 Å². The molecule has 0 aliphatic heterocycles. The van der Waals surface area contributed by atoms with Gasteiger partial charge in [0, 0.05) is 18.1 Å². The molecule has 1 unspecified atom stereocenters. The fourth-order valence-corrected chi connectivity index (χ4v) is 1.87. The van der Waals surface area contributed by atoms with Crippen LogP contribution in [0.1, 0.15) is 47.0 Å². The molecule has 2 nitrogen and oxygen atoms in total. The van der Waals surface area contributed by atoms with Crippen LogP contribution in [0.25, 0.3) is 0 Å². The van der Waals surface area contributed by atoms with E-state index in [0.29, 0.717) is 6.04 Å². The Morgan fingerprint density at radius 3 is 2.00 bits per heavy atom. The van der Waals surface area contributed by atoms with Crippen molar-refractivity contribution in [2.24, 2.45) is 0 Å². The van der Waals surface area contributed by atoms with E-state index < -0.39 is 0 Å². The largest absolute Gasteiger partial charge is 0.317 e. The van der Waals surface area contributed by atoms with E-state index in [9.17, 15) is 0 Å². The highest BCUT2D eigenvalue weighted by Gasteiger charge is 2.22. The summed E-state index contributed by atoms with van der Waals surface area (Å²) >= 11 is 0. The van der Waals surface area contributed by atoms with Crippen molar-refractivity contribution in [1.82, 2.24) is 10.6 Å². The number of nitrogens with one attached hydrogen (secondary N) is 2. The maximum Gasteiger partial charge on any atom is 0.00848 e. The van der Waals surface area contributed by atoms with Crippen LogP contribution in [-0.4, -0.2) is 25.2 Å². The smallest absolute Gasteiger partial charge is 0.00848 e. The van der Waals surface area contributed by atoms with E-state index in [2.05, 4.69) is 31.5 Å². The van der Waals surface area contributed by atoms with Crippen LogP contribution in [-0.2, 0) is 0 Å². The van der Waals surface area contributed by atoms with Crippen molar-refractivity contribution in [3.8, 4) is 0 Å². The zero-order chi connectivity index (χ0) is 10.3. The maximum absolute atomic E-state index is 3.57. The van der Waals surface area contributed by atoms with Gasteiger partial charge in [-0.15, -0.1) is 0 Å². The van der Waals surface area contributed by atoms with Crippen LogP contribution in [0.4, 0.5) is 0 Å². The van der Waals surface area contributed by atoms with Gasteiger partial charge >= 0.3 is 0 Å². The predicted octanol–water partition coefficient (Wildman–Crippen LogP) is 2.15. The van der Waals surface area contributed by atoms with Crippen molar-refractivity contribution < 1.29 is 0 Å². The van der Waals surface area contributed by atoms with Crippen molar-refractivity contribution in [2.75, 3.05) is 7.05 Å². The first kappa shape index (κ1) is 12.9. The van der Waals surface area contributed by atoms with Gasteiger partial charge in [-0.1, -0.05) is 27.7 Å². The molecule has 0 radical (unpaired) electrons. The standard InChI is InChI=1S/C9H20N2.C2H6/c1-7(2)11-9-5-4-8(6-9)10-3;1-2/h7-11H,4-6H2,1-3H3;1-2H3/t8?,9-;/m0./s1. The lowest BCUT2D eigenvalue weighted by atomic mass is 10.2. The van der Waals surface area contributed by atoms with Crippen LogP contribution in [0.5, 0.6) is 0 Å². The Bertz CT molecular complexity index is 113. The Morgan fingerprint density at radius 2 is 1.62 bits per heavy atom. The third-order valence-corrected chi connectivity index (χ3v) is 2.41. The molecule has 2 heteroatoms. The molecule has 0 bridgehead atoms. The van der Waals surface area contributed by atoms with E-state index in [1.807, 2.05) is 13.8 Å². The number of rotatable bonds is 3. The molecule has 2 atom stereocenters. The van der Waals surface area contributed by atoms with Crippen LogP contribution in [0.3, 0.4) is 0 Å². The Kier molecular flexibility index (Phi) is 7.29. The molecule has 0 amide bonds. The highest BCUT2D eigenvalue weighted by molar-refractivity contribution is 4.84. The summed E-state index contributed by atoms with van der Waals surface area (Å²) in [5.74, 6) is 0. The second kappa shape index (κ2) is 7.34. The van der Waals surface area contributed by atoms with Gasteiger partial charge < -0.3 is 10.6 Å². The lowest BCUT2D eigenvalue weighted by molar-refractivity contribution is 0.458. The minimum Gasteiger partial charge on any atom is -0.317 e. The van der Waals surface area contributed by atoms with Gasteiger partial charge in [-0.05, 0) is 26.3 Å². The molecule has 1 rings (SSSR count). The molecule has 1 aliphatic rings. The first-order valence-electron chi connectivity index (χ1n) is 5.65. The zero-order valence-electron chi connectivity index (χ0n) is 9.85. The summed E-state index contributed by atoms with van der Waals surface area (Å²) in [7, 11) is 2.06.